The van der Waals surface area contributed by atoms with Crippen LogP contribution < -0.4 is 5.73 Å². The molecule has 0 aliphatic rings. The van der Waals surface area contributed by atoms with Gasteiger partial charge in [0.15, 0.2) is 0 Å². The molecule has 2 aromatic heterocycles. The number of aromatic nitrogens is 2. The van der Waals surface area contributed by atoms with Crippen LogP contribution in [0.1, 0.15) is 17.1 Å². The number of nitrogens with zero attached hydrogens (tertiary/aromatic N) is 2. The Labute approximate surface area is 131 Å². The summed E-state index contributed by atoms with van der Waals surface area (Å²) in [5, 5.41) is 4.60. The summed E-state index contributed by atoms with van der Waals surface area (Å²) < 4.78 is 8.48. The molecule has 0 atom stereocenters. The molecule has 2 N–H and O–H groups in total. The second kappa shape index (κ2) is 5.41. The summed E-state index contributed by atoms with van der Waals surface area (Å²) in [6.45, 7) is 4.51. The first-order chi connectivity index (χ1) is 10.0. The monoisotopic (exact) mass is 345 g/mol. The normalized spacial score (nSPS) is 11.0. The molecule has 3 aromatic rings. The van der Waals surface area contributed by atoms with E-state index in [2.05, 4.69) is 27.1 Å². The Kier molecular flexibility index (Phi) is 3.59. The Morgan fingerprint density at radius 2 is 2.05 bits per heavy atom. The number of halogens is 1. The van der Waals surface area contributed by atoms with Crippen molar-refractivity contribution in [2.45, 2.75) is 20.4 Å². The van der Waals surface area contributed by atoms with E-state index in [0.717, 1.165) is 32.8 Å². The first-order valence-corrected chi connectivity index (χ1v) is 7.47. The summed E-state index contributed by atoms with van der Waals surface area (Å²) >= 11 is 3.55. The molecule has 5 heteroatoms. The second-order valence-electron chi connectivity index (χ2n) is 5.05. The highest BCUT2D eigenvalue weighted by atomic mass is 79.9. The zero-order chi connectivity index (χ0) is 15.0. The third-order valence-electron chi connectivity index (χ3n) is 3.38. The van der Waals surface area contributed by atoms with Gasteiger partial charge in [0, 0.05) is 16.2 Å². The van der Waals surface area contributed by atoms with Crippen LogP contribution >= 0.6 is 15.9 Å². The van der Waals surface area contributed by atoms with Gasteiger partial charge in [0.1, 0.15) is 17.2 Å². The summed E-state index contributed by atoms with van der Waals surface area (Å²) in [6, 6.07) is 10.1. The van der Waals surface area contributed by atoms with Crippen molar-refractivity contribution >= 4 is 21.6 Å². The van der Waals surface area contributed by atoms with Crippen LogP contribution in [-0.2, 0) is 6.54 Å². The molecule has 0 bridgehead atoms. The minimum Gasteiger partial charge on any atom is -0.466 e. The molecule has 0 saturated heterocycles. The van der Waals surface area contributed by atoms with Gasteiger partial charge in [-0.1, -0.05) is 34.1 Å². The molecule has 0 aliphatic carbocycles. The van der Waals surface area contributed by atoms with E-state index >= 15 is 0 Å². The van der Waals surface area contributed by atoms with Crippen LogP contribution in [0.4, 0.5) is 5.69 Å². The molecule has 21 heavy (non-hydrogen) atoms. The maximum atomic E-state index is 6.11. The summed E-state index contributed by atoms with van der Waals surface area (Å²) in [7, 11) is 0. The number of furan rings is 1. The first kappa shape index (κ1) is 13.9. The Morgan fingerprint density at radius 1 is 1.29 bits per heavy atom. The highest BCUT2D eigenvalue weighted by Crippen LogP contribution is 2.30. The summed E-state index contributed by atoms with van der Waals surface area (Å²) in [6.07, 6.45) is 1.86. The number of rotatable bonds is 3. The highest BCUT2D eigenvalue weighted by Gasteiger charge is 2.15. The van der Waals surface area contributed by atoms with E-state index < -0.39 is 0 Å². The summed E-state index contributed by atoms with van der Waals surface area (Å²) in [4.78, 5) is 0. The fourth-order valence-corrected chi connectivity index (χ4v) is 2.80. The number of nitrogen functional groups attached to an aromatic ring is 1. The van der Waals surface area contributed by atoms with Crippen molar-refractivity contribution in [2.75, 3.05) is 5.73 Å². The number of benzene rings is 1. The van der Waals surface area contributed by atoms with Crippen molar-refractivity contribution in [3.05, 3.63) is 58.1 Å². The van der Waals surface area contributed by atoms with Crippen molar-refractivity contribution in [1.82, 2.24) is 9.78 Å². The lowest BCUT2D eigenvalue weighted by atomic mass is 10.1. The summed E-state index contributed by atoms with van der Waals surface area (Å²) in [5.74, 6) is 1.70. The average Bonchev–Trinajstić information content (AvgIpc) is 2.95. The predicted octanol–water partition coefficient (Wildman–Crippen LogP) is 4.15. The van der Waals surface area contributed by atoms with Gasteiger partial charge in [0.05, 0.1) is 12.2 Å². The second-order valence-corrected chi connectivity index (χ2v) is 5.90. The van der Waals surface area contributed by atoms with Crippen LogP contribution in [0.5, 0.6) is 0 Å². The molecule has 0 unspecified atom stereocenters. The van der Waals surface area contributed by atoms with Crippen LogP contribution in [0.15, 0.2) is 45.4 Å². The van der Waals surface area contributed by atoms with E-state index in [0.29, 0.717) is 12.2 Å². The molecule has 0 spiro atoms. The first-order valence-electron chi connectivity index (χ1n) is 6.68. The molecule has 0 radical (unpaired) electrons. The fourth-order valence-electron chi connectivity index (χ4n) is 2.39. The zero-order valence-corrected chi connectivity index (χ0v) is 13.5. The largest absolute Gasteiger partial charge is 0.466 e. The molecular weight excluding hydrogens is 330 g/mol. The van der Waals surface area contributed by atoms with E-state index in [9.17, 15) is 0 Å². The van der Waals surface area contributed by atoms with Crippen molar-refractivity contribution in [3.8, 4) is 11.3 Å². The van der Waals surface area contributed by atoms with Gasteiger partial charge in [-0.3, -0.25) is 4.68 Å². The number of aryl methyl sites for hydroxylation is 2. The zero-order valence-electron chi connectivity index (χ0n) is 11.9. The smallest absolute Gasteiger partial charge is 0.119 e. The van der Waals surface area contributed by atoms with Crippen molar-refractivity contribution in [2.24, 2.45) is 0 Å². The van der Waals surface area contributed by atoms with E-state index in [4.69, 9.17) is 10.2 Å². The van der Waals surface area contributed by atoms with Gasteiger partial charge in [-0.05, 0) is 31.5 Å². The van der Waals surface area contributed by atoms with Crippen LogP contribution in [-0.4, -0.2) is 9.78 Å². The highest BCUT2D eigenvalue weighted by molar-refractivity contribution is 9.10. The molecule has 3 rings (SSSR count). The fraction of sp³-hybridized carbons (Fsp3) is 0.188. The minimum absolute atomic E-state index is 0.658. The molecule has 4 nitrogen and oxygen atoms in total. The number of hydrogen-bond donors (Lipinski definition) is 1. The van der Waals surface area contributed by atoms with Crippen molar-refractivity contribution < 1.29 is 4.42 Å². The lowest BCUT2D eigenvalue weighted by molar-refractivity contribution is 0.505. The standard InChI is InChI=1S/C16H16BrN3O/c1-10-7-13(11(2)21-10)16-15(18)9-20(19-16)8-12-5-3-4-6-14(12)17/h3-7,9H,8,18H2,1-2H3. The molecule has 0 aliphatic heterocycles. The molecule has 108 valence electrons. The molecule has 2 heterocycles. The maximum Gasteiger partial charge on any atom is 0.119 e. The summed E-state index contributed by atoms with van der Waals surface area (Å²) in [5.41, 5.74) is 9.65. The third kappa shape index (κ3) is 2.74. The van der Waals surface area contributed by atoms with Crippen LogP contribution in [0.3, 0.4) is 0 Å². The van der Waals surface area contributed by atoms with Gasteiger partial charge in [-0.25, -0.2) is 0 Å². The SMILES string of the molecule is Cc1cc(-c2nn(Cc3ccccc3Br)cc2N)c(C)o1. The lowest BCUT2D eigenvalue weighted by Crippen LogP contribution is -2.01. The van der Waals surface area contributed by atoms with Gasteiger partial charge >= 0.3 is 0 Å². The lowest BCUT2D eigenvalue weighted by Gasteiger charge is -2.04. The van der Waals surface area contributed by atoms with Crippen LogP contribution in [0.2, 0.25) is 0 Å². The van der Waals surface area contributed by atoms with E-state index in [1.807, 2.05) is 49.0 Å². The third-order valence-corrected chi connectivity index (χ3v) is 4.15. The van der Waals surface area contributed by atoms with Gasteiger partial charge in [0.2, 0.25) is 0 Å². The van der Waals surface area contributed by atoms with Gasteiger partial charge < -0.3 is 10.2 Å². The van der Waals surface area contributed by atoms with Crippen LogP contribution in [0, 0.1) is 13.8 Å². The topological polar surface area (TPSA) is 57.0 Å². The van der Waals surface area contributed by atoms with E-state index in [1.54, 1.807) is 0 Å². The van der Waals surface area contributed by atoms with E-state index in [-0.39, 0.29) is 0 Å². The predicted molar refractivity (Wildman–Crippen MR) is 87.1 cm³/mol. The Morgan fingerprint density at radius 3 is 2.71 bits per heavy atom. The number of anilines is 1. The van der Waals surface area contributed by atoms with Gasteiger partial charge in [0.25, 0.3) is 0 Å². The average molecular weight is 346 g/mol. The maximum absolute atomic E-state index is 6.11. The molecular formula is C16H16BrN3O. The molecule has 0 amide bonds. The van der Waals surface area contributed by atoms with Crippen molar-refractivity contribution in [3.63, 3.8) is 0 Å². The quantitative estimate of drug-likeness (QED) is 0.775. The molecule has 0 fully saturated rings. The number of nitrogens with two attached hydrogens (primary N) is 1. The van der Waals surface area contributed by atoms with Gasteiger partial charge in [-0.15, -0.1) is 0 Å². The van der Waals surface area contributed by atoms with Crippen molar-refractivity contribution in [1.29, 1.82) is 0 Å². The van der Waals surface area contributed by atoms with Gasteiger partial charge in [-0.2, -0.15) is 5.10 Å². The molecule has 1 aromatic carbocycles. The molecule has 0 saturated carbocycles. The minimum atomic E-state index is 0.658. The number of hydrogen-bond acceptors (Lipinski definition) is 3. The van der Waals surface area contributed by atoms with E-state index in [1.165, 1.54) is 0 Å². The Hall–Kier alpha value is -2.01. The van der Waals surface area contributed by atoms with Crippen LogP contribution in [0.25, 0.3) is 11.3 Å². The Bertz CT molecular complexity index is 789. The Balaban J connectivity index is 1.95.